The molecule has 0 unspecified atom stereocenters. The van der Waals surface area contributed by atoms with Gasteiger partial charge in [0, 0.05) is 31.1 Å². The first-order valence-corrected chi connectivity index (χ1v) is 7.46. The van der Waals surface area contributed by atoms with Crippen LogP contribution in [-0.2, 0) is 0 Å². The molecule has 1 aromatic carbocycles. The zero-order chi connectivity index (χ0) is 13.1. The lowest BCUT2D eigenvalue weighted by Crippen LogP contribution is -2.45. The fourth-order valence-electron chi connectivity index (χ4n) is 2.62. The summed E-state index contributed by atoms with van der Waals surface area (Å²) in [6.07, 6.45) is 0. The van der Waals surface area contributed by atoms with Gasteiger partial charge in [-0.2, -0.15) is 0 Å². The van der Waals surface area contributed by atoms with E-state index in [0.717, 1.165) is 31.7 Å². The second kappa shape index (κ2) is 5.82. The molecule has 0 saturated carbocycles. The minimum atomic E-state index is -0.158. The summed E-state index contributed by atoms with van der Waals surface area (Å²) >= 11 is 1.74. The Morgan fingerprint density at radius 2 is 2.00 bits per heavy atom. The largest absolute Gasteiger partial charge is 0.314 e. The summed E-state index contributed by atoms with van der Waals surface area (Å²) in [5.41, 5.74) is 1.05. The predicted octanol–water partition coefficient (Wildman–Crippen LogP) is 2.88. The topological polar surface area (TPSA) is 15.3 Å². The van der Waals surface area contributed by atoms with Crippen LogP contribution in [0.3, 0.4) is 0 Å². The van der Waals surface area contributed by atoms with Crippen molar-refractivity contribution < 1.29 is 4.39 Å². The highest BCUT2D eigenvalue weighted by Crippen LogP contribution is 2.32. The first kappa shape index (κ1) is 12.8. The number of nitrogens with zero attached hydrogens (tertiary/aromatic N) is 1. The summed E-state index contributed by atoms with van der Waals surface area (Å²) in [6.45, 7) is 3.99. The van der Waals surface area contributed by atoms with Crippen LogP contribution in [0.15, 0.2) is 41.8 Å². The molecule has 0 radical (unpaired) electrons. The number of nitrogens with one attached hydrogen (secondary N) is 1. The molecule has 0 spiro atoms. The van der Waals surface area contributed by atoms with Crippen LogP contribution in [0.4, 0.5) is 4.39 Å². The van der Waals surface area contributed by atoms with E-state index in [1.165, 1.54) is 10.9 Å². The molecular formula is C15H17FN2S. The van der Waals surface area contributed by atoms with Crippen LogP contribution < -0.4 is 5.32 Å². The zero-order valence-electron chi connectivity index (χ0n) is 10.7. The van der Waals surface area contributed by atoms with E-state index < -0.39 is 0 Å². The fourth-order valence-corrected chi connectivity index (χ4v) is 3.50. The Bertz CT molecular complexity index is 521. The first-order chi connectivity index (χ1) is 9.34. The zero-order valence-corrected chi connectivity index (χ0v) is 11.5. The van der Waals surface area contributed by atoms with E-state index in [-0.39, 0.29) is 11.9 Å². The van der Waals surface area contributed by atoms with E-state index in [4.69, 9.17) is 0 Å². The lowest BCUT2D eigenvalue weighted by Gasteiger charge is -2.34. The average molecular weight is 276 g/mol. The van der Waals surface area contributed by atoms with Gasteiger partial charge in [-0.3, -0.25) is 4.90 Å². The molecule has 1 fully saturated rings. The molecule has 0 aliphatic carbocycles. The standard InChI is InChI=1S/C15H17FN2S/c16-13-4-1-3-12(11-13)15(14-5-2-10-19-14)18-8-6-17-7-9-18/h1-5,10-11,15,17H,6-9H2/t15-/m0/s1. The lowest BCUT2D eigenvalue weighted by molar-refractivity contribution is 0.200. The third-order valence-electron chi connectivity index (χ3n) is 3.49. The van der Waals surface area contributed by atoms with Crippen molar-refractivity contribution in [2.24, 2.45) is 0 Å². The Hall–Kier alpha value is -1.23. The first-order valence-electron chi connectivity index (χ1n) is 6.58. The Labute approximate surface area is 116 Å². The molecule has 1 aromatic heterocycles. The van der Waals surface area contributed by atoms with E-state index in [2.05, 4.69) is 27.7 Å². The van der Waals surface area contributed by atoms with Crippen LogP contribution in [0, 0.1) is 5.82 Å². The molecule has 2 nitrogen and oxygen atoms in total. The number of hydrogen-bond acceptors (Lipinski definition) is 3. The highest BCUT2D eigenvalue weighted by atomic mass is 32.1. The Morgan fingerprint density at radius 1 is 1.16 bits per heavy atom. The molecule has 100 valence electrons. The number of benzene rings is 1. The van der Waals surface area contributed by atoms with Crippen LogP contribution in [0.5, 0.6) is 0 Å². The number of thiophene rings is 1. The van der Waals surface area contributed by atoms with Crippen LogP contribution in [-0.4, -0.2) is 31.1 Å². The summed E-state index contributed by atoms with van der Waals surface area (Å²) < 4.78 is 13.5. The maximum Gasteiger partial charge on any atom is 0.123 e. The molecular weight excluding hydrogens is 259 g/mol. The second-order valence-electron chi connectivity index (χ2n) is 4.76. The summed E-state index contributed by atoms with van der Waals surface area (Å²) in [5, 5.41) is 5.45. The van der Waals surface area contributed by atoms with Crippen molar-refractivity contribution in [3.05, 3.63) is 58.0 Å². The van der Waals surface area contributed by atoms with Gasteiger partial charge in [-0.1, -0.05) is 18.2 Å². The Balaban J connectivity index is 1.96. The van der Waals surface area contributed by atoms with Crippen molar-refractivity contribution in [2.75, 3.05) is 26.2 Å². The van der Waals surface area contributed by atoms with Gasteiger partial charge in [-0.05, 0) is 29.1 Å². The van der Waals surface area contributed by atoms with Crippen molar-refractivity contribution in [1.29, 1.82) is 0 Å². The van der Waals surface area contributed by atoms with Crippen LogP contribution in [0.2, 0.25) is 0 Å². The molecule has 1 aliphatic rings. The van der Waals surface area contributed by atoms with E-state index in [0.29, 0.717) is 0 Å². The van der Waals surface area contributed by atoms with Gasteiger partial charge < -0.3 is 5.32 Å². The van der Waals surface area contributed by atoms with Gasteiger partial charge in [0.15, 0.2) is 0 Å². The molecule has 2 aromatic rings. The van der Waals surface area contributed by atoms with Crippen molar-refractivity contribution in [3.63, 3.8) is 0 Å². The highest BCUT2D eigenvalue weighted by Gasteiger charge is 2.24. The number of hydrogen-bond donors (Lipinski definition) is 1. The third kappa shape index (κ3) is 2.86. The van der Waals surface area contributed by atoms with Crippen molar-refractivity contribution >= 4 is 11.3 Å². The van der Waals surface area contributed by atoms with Gasteiger partial charge in [-0.25, -0.2) is 4.39 Å². The molecule has 1 atom stereocenters. The monoisotopic (exact) mass is 276 g/mol. The number of rotatable bonds is 3. The number of piperazine rings is 1. The SMILES string of the molecule is Fc1cccc([C@@H](c2cccs2)N2CCNCC2)c1. The van der Waals surface area contributed by atoms with E-state index >= 15 is 0 Å². The molecule has 1 saturated heterocycles. The molecule has 3 rings (SSSR count). The van der Waals surface area contributed by atoms with Gasteiger partial charge in [0.25, 0.3) is 0 Å². The molecule has 0 bridgehead atoms. The van der Waals surface area contributed by atoms with Gasteiger partial charge in [0.05, 0.1) is 6.04 Å². The van der Waals surface area contributed by atoms with E-state index in [1.807, 2.05) is 6.07 Å². The van der Waals surface area contributed by atoms with Crippen molar-refractivity contribution in [3.8, 4) is 0 Å². The maximum atomic E-state index is 13.5. The summed E-state index contributed by atoms with van der Waals surface area (Å²) in [7, 11) is 0. The normalized spacial score (nSPS) is 18.4. The van der Waals surface area contributed by atoms with Crippen molar-refractivity contribution in [1.82, 2.24) is 10.2 Å². The van der Waals surface area contributed by atoms with Crippen LogP contribution >= 0.6 is 11.3 Å². The average Bonchev–Trinajstić information content (AvgIpc) is 2.94. The minimum Gasteiger partial charge on any atom is -0.314 e. The molecule has 1 aliphatic heterocycles. The summed E-state index contributed by atoms with van der Waals surface area (Å²) in [6, 6.07) is 11.4. The van der Waals surface area contributed by atoms with Gasteiger partial charge in [-0.15, -0.1) is 11.3 Å². The fraction of sp³-hybridized carbons (Fsp3) is 0.333. The van der Waals surface area contributed by atoms with E-state index in [1.54, 1.807) is 23.5 Å². The highest BCUT2D eigenvalue weighted by molar-refractivity contribution is 7.10. The van der Waals surface area contributed by atoms with Gasteiger partial charge in [0.1, 0.15) is 5.82 Å². The minimum absolute atomic E-state index is 0.158. The van der Waals surface area contributed by atoms with Gasteiger partial charge >= 0.3 is 0 Å². The summed E-state index contributed by atoms with van der Waals surface area (Å²) in [4.78, 5) is 3.71. The van der Waals surface area contributed by atoms with Gasteiger partial charge in [0.2, 0.25) is 0 Å². The van der Waals surface area contributed by atoms with Crippen LogP contribution in [0.25, 0.3) is 0 Å². The second-order valence-corrected chi connectivity index (χ2v) is 5.74. The van der Waals surface area contributed by atoms with Crippen molar-refractivity contribution in [2.45, 2.75) is 6.04 Å². The smallest absolute Gasteiger partial charge is 0.123 e. The lowest BCUT2D eigenvalue weighted by atomic mass is 10.0. The predicted molar refractivity (Wildman–Crippen MR) is 77.0 cm³/mol. The van der Waals surface area contributed by atoms with Crippen LogP contribution in [0.1, 0.15) is 16.5 Å². The molecule has 1 N–H and O–H groups in total. The summed E-state index contributed by atoms with van der Waals surface area (Å²) in [5.74, 6) is -0.158. The quantitative estimate of drug-likeness (QED) is 0.927. The molecule has 2 heterocycles. The molecule has 4 heteroatoms. The Morgan fingerprint density at radius 3 is 2.68 bits per heavy atom. The maximum absolute atomic E-state index is 13.5. The third-order valence-corrected chi connectivity index (χ3v) is 4.42. The van der Waals surface area contributed by atoms with E-state index in [9.17, 15) is 4.39 Å². The number of halogens is 1. The Kier molecular flexibility index (Phi) is 3.92. The molecule has 0 amide bonds. The molecule has 19 heavy (non-hydrogen) atoms.